The molecule has 0 amide bonds. The van der Waals surface area contributed by atoms with Crippen LogP contribution >= 0.6 is 0 Å². The van der Waals surface area contributed by atoms with E-state index in [9.17, 15) is 0 Å². The molecule has 0 saturated heterocycles. The van der Waals surface area contributed by atoms with E-state index in [0.717, 1.165) is 29.0 Å². The van der Waals surface area contributed by atoms with Gasteiger partial charge in [0, 0.05) is 24.2 Å². The molecule has 158 valence electrons. The number of methoxy groups -OCH3 is 4. The Balaban J connectivity index is 2.19. The molecule has 0 saturated carbocycles. The van der Waals surface area contributed by atoms with Gasteiger partial charge in [-0.2, -0.15) is 0 Å². The maximum Gasteiger partial charge on any atom is 0.203 e. The number of aliphatic imine (C=N–C) groups is 1. The SMILES string of the molecule is CCNC(=NCc1ccc(OC)c(OC)c1OC)NCc1ccc(C)cc1OC. The molecule has 2 rings (SSSR count). The second kappa shape index (κ2) is 11.0. The molecule has 0 unspecified atom stereocenters. The summed E-state index contributed by atoms with van der Waals surface area (Å²) in [6.45, 7) is 5.84. The molecule has 0 atom stereocenters. The Bertz CT molecular complexity index is 837. The van der Waals surface area contributed by atoms with Crippen molar-refractivity contribution in [2.45, 2.75) is 26.9 Å². The first kappa shape index (κ1) is 22.2. The topological polar surface area (TPSA) is 73.3 Å². The van der Waals surface area contributed by atoms with Crippen molar-refractivity contribution in [3.8, 4) is 23.0 Å². The summed E-state index contributed by atoms with van der Waals surface area (Å²) in [5, 5.41) is 6.61. The van der Waals surface area contributed by atoms with Crippen molar-refractivity contribution in [3.63, 3.8) is 0 Å². The van der Waals surface area contributed by atoms with E-state index in [1.165, 1.54) is 0 Å². The molecule has 7 nitrogen and oxygen atoms in total. The first-order chi connectivity index (χ1) is 14.1. The van der Waals surface area contributed by atoms with Crippen LogP contribution in [0.1, 0.15) is 23.6 Å². The lowest BCUT2D eigenvalue weighted by Gasteiger charge is -2.16. The average molecular weight is 402 g/mol. The molecule has 0 aliphatic carbocycles. The number of aryl methyl sites for hydroxylation is 1. The van der Waals surface area contributed by atoms with Crippen molar-refractivity contribution >= 4 is 5.96 Å². The van der Waals surface area contributed by atoms with Gasteiger partial charge in [0.1, 0.15) is 5.75 Å². The number of hydrogen-bond donors (Lipinski definition) is 2. The van der Waals surface area contributed by atoms with Crippen LogP contribution in [0.5, 0.6) is 23.0 Å². The van der Waals surface area contributed by atoms with E-state index < -0.39 is 0 Å². The van der Waals surface area contributed by atoms with E-state index in [4.69, 9.17) is 18.9 Å². The summed E-state index contributed by atoms with van der Waals surface area (Å²) >= 11 is 0. The zero-order valence-electron chi connectivity index (χ0n) is 18.1. The standard InChI is InChI=1S/C22H31N3O4/c1-7-23-22(24-13-16-9-8-15(2)12-19(16)27-4)25-14-17-10-11-18(26-3)21(29-6)20(17)28-5/h8-12H,7,13-14H2,1-6H3,(H2,23,24,25). The third-order valence-corrected chi connectivity index (χ3v) is 4.43. The lowest BCUT2D eigenvalue weighted by atomic mass is 10.1. The maximum atomic E-state index is 5.54. The van der Waals surface area contributed by atoms with Gasteiger partial charge in [-0.1, -0.05) is 12.1 Å². The zero-order valence-corrected chi connectivity index (χ0v) is 18.1. The van der Waals surface area contributed by atoms with Crippen LogP contribution < -0.4 is 29.6 Å². The largest absolute Gasteiger partial charge is 0.496 e. The summed E-state index contributed by atoms with van der Waals surface area (Å²) in [6, 6.07) is 9.93. The van der Waals surface area contributed by atoms with Crippen molar-refractivity contribution < 1.29 is 18.9 Å². The monoisotopic (exact) mass is 401 g/mol. The van der Waals surface area contributed by atoms with Crippen LogP contribution in [0.15, 0.2) is 35.3 Å². The number of ether oxygens (including phenoxy) is 4. The van der Waals surface area contributed by atoms with Crippen molar-refractivity contribution in [2.75, 3.05) is 35.0 Å². The summed E-state index contributed by atoms with van der Waals surface area (Å²) in [4.78, 5) is 4.69. The summed E-state index contributed by atoms with van der Waals surface area (Å²) in [7, 11) is 6.48. The molecule has 2 aromatic carbocycles. The molecule has 0 aliphatic heterocycles. The van der Waals surface area contributed by atoms with Crippen molar-refractivity contribution in [2.24, 2.45) is 4.99 Å². The summed E-state index contributed by atoms with van der Waals surface area (Å²) in [6.07, 6.45) is 0. The van der Waals surface area contributed by atoms with Gasteiger partial charge in [0.15, 0.2) is 17.5 Å². The van der Waals surface area contributed by atoms with E-state index >= 15 is 0 Å². The minimum absolute atomic E-state index is 0.421. The Kier molecular flexibility index (Phi) is 8.45. The third-order valence-electron chi connectivity index (χ3n) is 4.43. The van der Waals surface area contributed by atoms with Gasteiger partial charge < -0.3 is 29.6 Å². The van der Waals surface area contributed by atoms with Gasteiger partial charge in [0.25, 0.3) is 0 Å². The van der Waals surface area contributed by atoms with Crippen LogP contribution in [0.2, 0.25) is 0 Å². The predicted octanol–water partition coefficient (Wildman–Crippen LogP) is 3.28. The molecule has 0 fully saturated rings. The Morgan fingerprint density at radius 1 is 0.828 bits per heavy atom. The highest BCUT2D eigenvalue weighted by atomic mass is 16.5. The number of rotatable bonds is 9. The van der Waals surface area contributed by atoms with Gasteiger partial charge in [0.2, 0.25) is 5.75 Å². The molecule has 2 aromatic rings. The summed E-state index contributed by atoms with van der Waals surface area (Å²) in [5.74, 6) is 3.35. The smallest absolute Gasteiger partial charge is 0.203 e. The van der Waals surface area contributed by atoms with E-state index in [1.54, 1.807) is 28.4 Å². The number of hydrogen-bond acceptors (Lipinski definition) is 5. The molecule has 0 aromatic heterocycles. The Labute approximate surface area is 173 Å². The number of nitrogens with one attached hydrogen (secondary N) is 2. The highest BCUT2D eigenvalue weighted by Crippen LogP contribution is 2.39. The van der Waals surface area contributed by atoms with E-state index in [0.29, 0.717) is 36.3 Å². The fourth-order valence-corrected chi connectivity index (χ4v) is 2.97. The van der Waals surface area contributed by atoms with Gasteiger partial charge in [0.05, 0.1) is 35.0 Å². The minimum atomic E-state index is 0.421. The molecule has 2 N–H and O–H groups in total. The van der Waals surface area contributed by atoms with E-state index in [1.807, 2.05) is 32.0 Å². The average Bonchev–Trinajstić information content (AvgIpc) is 2.75. The van der Waals surface area contributed by atoms with Crippen LogP contribution in [0.25, 0.3) is 0 Å². The van der Waals surface area contributed by atoms with Gasteiger partial charge >= 0.3 is 0 Å². The molecule has 0 aliphatic rings. The number of nitrogens with zero attached hydrogens (tertiary/aromatic N) is 1. The molecule has 29 heavy (non-hydrogen) atoms. The van der Waals surface area contributed by atoms with Crippen LogP contribution in [0.3, 0.4) is 0 Å². The molecule has 0 bridgehead atoms. The number of guanidine groups is 1. The third kappa shape index (κ3) is 5.70. The molecule has 0 radical (unpaired) electrons. The van der Waals surface area contributed by atoms with Crippen LogP contribution in [0, 0.1) is 6.92 Å². The highest BCUT2D eigenvalue weighted by Gasteiger charge is 2.15. The van der Waals surface area contributed by atoms with Gasteiger partial charge in [-0.05, 0) is 37.6 Å². The summed E-state index contributed by atoms with van der Waals surface area (Å²) < 4.78 is 21.8. The Hall–Kier alpha value is -3.09. The van der Waals surface area contributed by atoms with Crippen molar-refractivity contribution in [3.05, 3.63) is 47.0 Å². The summed E-state index contributed by atoms with van der Waals surface area (Å²) in [5.41, 5.74) is 3.12. The van der Waals surface area contributed by atoms with Crippen LogP contribution in [-0.4, -0.2) is 40.9 Å². The minimum Gasteiger partial charge on any atom is -0.496 e. The molecule has 0 spiro atoms. The zero-order chi connectivity index (χ0) is 21.2. The Morgan fingerprint density at radius 3 is 2.14 bits per heavy atom. The van der Waals surface area contributed by atoms with Crippen LogP contribution in [0.4, 0.5) is 0 Å². The Morgan fingerprint density at radius 2 is 1.52 bits per heavy atom. The predicted molar refractivity (Wildman–Crippen MR) is 115 cm³/mol. The first-order valence-electron chi connectivity index (χ1n) is 9.51. The molecule has 0 heterocycles. The second-order valence-electron chi connectivity index (χ2n) is 6.36. The quantitative estimate of drug-likeness (QED) is 0.496. The van der Waals surface area contributed by atoms with Crippen molar-refractivity contribution in [1.82, 2.24) is 10.6 Å². The molecule has 7 heteroatoms. The van der Waals surface area contributed by atoms with Gasteiger partial charge in [-0.25, -0.2) is 4.99 Å². The normalized spacial score (nSPS) is 11.0. The fraction of sp³-hybridized carbons (Fsp3) is 0.409. The van der Waals surface area contributed by atoms with E-state index in [-0.39, 0.29) is 0 Å². The lowest BCUT2D eigenvalue weighted by Crippen LogP contribution is -2.36. The molecular formula is C22H31N3O4. The molecular weight excluding hydrogens is 370 g/mol. The maximum absolute atomic E-state index is 5.54. The van der Waals surface area contributed by atoms with Crippen molar-refractivity contribution in [1.29, 1.82) is 0 Å². The second-order valence-corrected chi connectivity index (χ2v) is 6.36. The fourth-order valence-electron chi connectivity index (χ4n) is 2.97. The van der Waals surface area contributed by atoms with E-state index in [2.05, 4.69) is 27.8 Å². The highest BCUT2D eigenvalue weighted by molar-refractivity contribution is 5.80. The lowest BCUT2D eigenvalue weighted by molar-refractivity contribution is 0.322. The number of benzene rings is 2. The first-order valence-corrected chi connectivity index (χ1v) is 9.51. The van der Waals surface area contributed by atoms with Gasteiger partial charge in [-0.3, -0.25) is 0 Å². The van der Waals surface area contributed by atoms with Gasteiger partial charge in [-0.15, -0.1) is 0 Å². The van der Waals surface area contributed by atoms with Crippen LogP contribution in [-0.2, 0) is 13.1 Å².